The lowest BCUT2D eigenvalue weighted by Gasteiger charge is -2.14. The molecule has 0 radical (unpaired) electrons. The summed E-state index contributed by atoms with van der Waals surface area (Å²) in [5.41, 5.74) is 9.37. The number of nitrogens with zero attached hydrogens (tertiary/aromatic N) is 2. The van der Waals surface area contributed by atoms with E-state index in [1.807, 2.05) is 22.9 Å². The van der Waals surface area contributed by atoms with Crippen LogP contribution in [0.2, 0.25) is 5.02 Å². The van der Waals surface area contributed by atoms with Gasteiger partial charge in [0.05, 0.1) is 10.7 Å². The summed E-state index contributed by atoms with van der Waals surface area (Å²) in [7, 11) is 0. The van der Waals surface area contributed by atoms with Crippen LogP contribution in [0.15, 0.2) is 18.2 Å². The number of benzene rings is 1. The highest BCUT2D eigenvalue weighted by Gasteiger charge is 2.21. The van der Waals surface area contributed by atoms with Crippen molar-refractivity contribution >= 4 is 40.0 Å². The third kappa shape index (κ3) is 2.01. The van der Waals surface area contributed by atoms with Gasteiger partial charge in [-0.1, -0.05) is 11.6 Å². The number of nitrogen functional groups attached to an aromatic ring is 1. The Morgan fingerprint density at radius 3 is 2.89 bits per heavy atom. The quantitative estimate of drug-likeness (QED) is 0.776. The molecule has 0 saturated heterocycles. The molecule has 3 nitrogen and oxygen atoms in total. The molecule has 1 aromatic carbocycles. The van der Waals surface area contributed by atoms with E-state index >= 15 is 0 Å². The predicted molar refractivity (Wildman–Crippen MR) is 82.3 cm³/mol. The van der Waals surface area contributed by atoms with E-state index in [0.717, 1.165) is 22.1 Å². The molecular weight excluding hydrogens is 361 g/mol. The molecule has 2 N–H and O–H groups in total. The smallest absolute Gasteiger partial charge is 0.149 e. The highest BCUT2D eigenvalue weighted by Crippen LogP contribution is 2.31. The summed E-state index contributed by atoms with van der Waals surface area (Å²) < 4.78 is 3.07. The first-order valence-corrected chi connectivity index (χ1v) is 7.44. The number of hydrogen-bond donors (Lipinski definition) is 1. The van der Waals surface area contributed by atoms with Gasteiger partial charge < -0.3 is 5.73 Å². The maximum absolute atomic E-state index is 6.28. The summed E-state index contributed by atoms with van der Waals surface area (Å²) in [6, 6.07) is 5.95. The molecule has 0 aliphatic heterocycles. The van der Waals surface area contributed by atoms with E-state index in [-0.39, 0.29) is 0 Å². The van der Waals surface area contributed by atoms with Crippen molar-refractivity contribution in [3.63, 3.8) is 0 Å². The zero-order chi connectivity index (χ0) is 12.7. The molecule has 3 rings (SSSR count). The number of rotatable bonds is 1. The van der Waals surface area contributed by atoms with E-state index in [4.69, 9.17) is 17.3 Å². The van der Waals surface area contributed by atoms with E-state index < -0.39 is 0 Å². The Morgan fingerprint density at radius 1 is 1.28 bits per heavy atom. The first-order valence-electron chi connectivity index (χ1n) is 5.98. The summed E-state index contributed by atoms with van der Waals surface area (Å²) in [6.07, 6.45) is 4.45. The molecule has 0 bridgehead atoms. The summed E-state index contributed by atoms with van der Waals surface area (Å²) in [5.74, 6) is 0.652. The Labute approximate surface area is 124 Å². The second-order valence-corrected chi connectivity index (χ2v) is 6.18. The van der Waals surface area contributed by atoms with Gasteiger partial charge in [0.2, 0.25) is 0 Å². The molecule has 0 spiro atoms. The molecule has 1 heterocycles. The van der Waals surface area contributed by atoms with Crippen LogP contribution in [-0.2, 0) is 12.8 Å². The lowest BCUT2D eigenvalue weighted by molar-refractivity contribution is 0.653. The van der Waals surface area contributed by atoms with Crippen LogP contribution in [0.1, 0.15) is 24.1 Å². The zero-order valence-corrected chi connectivity index (χ0v) is 12.7. The van der Waals surface area contributed by atoms with Gasteiger partial charge >= 0.3 is 0 Å². The normalized spacial score (nSPS) is 14.6. The molecule has 0 amide bonds. The first kappa shape index (κ1) is 12.3. The second-order valence-electron chi connectivity index (χ2n) is 4.53. The van der Waals surface area contributed by atoms with Crippen LogP contribution < -0.4 is 5.73 Å². The fourth-order valence-corrected chi connectivity index (χ4v) is 3.15. The van der Waals surface area contributed by atoms with Crippen molar-refractivity contribution in [1.29, 1.82) is 0 Å². The van der Waals surface area contributed by atoms with E-state index in [1.54, 1.807) is 0 Å². The number of halogens is 2. The Morgan fingerprint density at radius 2 is 2.06 bits per heavy atom. The van der Waals surface area contributed by atoms with Gasteiger partial charge in [-0.05, 0) is 66.5 Å². The highest BCUT2D eigenvalue weighted by atomic mass is 127. The van der Waals surface area contributed by atoms with Crippen LogP contribution >= 0.6 is 34.2 Å². The standard InChI is InChI=1S/C13H13ClIN3/c14-10-6-5-8(15)7-12(10)18-11-4-2-1-3-9(11)13(16)17-18/h5-7H,1-4H2,(H2,16,17). The molecule has 0 atom stereocenters. The van der Waals surface area contributed by atoms with Gasteiger partial charge in [-0.3, -0.25) is 0 Å². The third-order valence-corrected chi connectivity index (χ3v) is 4.34. The molecule has 0 unspecified atom stereocenters. The van der Waals surface area contributed by atoms with Crippen LogP contribution in [0.5, 0.6) is 0 Å². The largest absolute Gasteiger partial charge is 0.382 e. The molecule has 1 aliphatic rings. The fourth-order valence-electron chi connectivity index (χ4n) is 2.47. The van der Waals surface area contributed by atoms with Gasteiger partial charge in [0.1, 0.15) is 5.82 Å². The number of nitrogens with two attached hydrogens (primary N) is 1. The van der Waals surface area contributed by atoms with Crippen LogP contribution in [0, 0.1) is 3.57 Å². The minimum absolute atomic E-state index is 0.652. The first-order chi connectivity index (χ1) is 8.66. The molecule has 18 heavy (non-hydrogen) atoms. The average molecular weight is 374 g/mol. The van der Waals surface area contributed by atoms with Crippen molar-refractivity contribution in [2.24, 2.45) is 0 Å². The fraction of sp³-hybridized carbons (Fsp3) is 0.308. The monoisotopic (exact) mass is 373 g/mol. The van der Waals surface area contributed by atoms with Gasteiger partial charge in [0, 0.05) is 14.8 Å². The van der Waals surface area contributed by atoms with Gasteiger partial charge in [-0.15, -0.1) is 0 Å². The summed E-state index contributed by atoms with van der Waals surface area (Å²) in [6.45, 7) is 0. The third-order valence-electron chi connectivity index (χ3n) is 3.35. The molecule has 2 aromatic rings. The van der Waals surface area contributed by atoms with E-state index in [9.17, 15) is 0 Å². The second kappa shape index (κ2) is 4.74. The molecule has 5 heteroatoms. The van der Waals surface area contributed by atoms with Crippen molar-refractivity contribution in [2.45, 2.75) is 25.7 Å². The number of hydrogen-bond acceptors (Lipinski definition) is 2. The lowest BCUT2D eigenvalue weighted by atomic mass is 9.97. The van der Waals surface area contributed by atoms with Gasteiger partial charge in [0.25, 0.3) is 0 Å². The molecular formula is C13H13ClIN3. The van der Waals surface area contributed by atoms with E-state index in [1.165, 1.54) is 24.1 Å². The Kier molecular flexibility index (Phi) is 3.23. The maximum atomic E-state index is 6.28. The molecule has 0 saturated carbocycles. The van der Waals surface area contributed by atoms with Gasteiger partial charge in [-0.25, -0.2) is 4.68 Å². The van der Waals surface area contributed by atoms with Crippen LogP contribution in [0.25, 0.3) is 5.69 Å². The number of aromatic nitrogens is 2. The zero-order valence-electron chi connectivity index (χ0n) is 9.79. The topological polar surface area (TPSA) is 43.8 Å². The molecule has 0 fully saturated rings. The SMILES string of the molecule is Nc1nn(-c2cc(I)ccc2Cl)c2c1CCCC2. The van der Waals surface area contributed by atoms with Crippen LogP contribution in [0.3, 0.4) is 0 Å². The number of anilines is 1. The van der Waals surface area contributed by atoms with Crippen LogP contribution in [0.4, 0.5) is 5.82 Å². The van der Waals surface area contributed by atoms with Crippen molar-refractivity contribution < 1.29 is 0 Å². The summed E-state index contributed by atoms with van der Waals surface area (Å²) >= 11 is 8.56. The summed E-state index contributed by atoms with van der Waals surface area (Å²) in [5, 5.41) is 5.19. The van der Waals surface area contributed by atoms with Crippen molar-refractivity contribution in [3.8, 4) is 5.69 Å². The number of fused-ring (bicyclic) bond motifs is 1. The Bertz CT molecular complexity index is 607. The predicted octanol–water partition coefficient (Wildman–Crippen LogP) is 3.59. The molecule has 1 aliphatic carbocycles. The molecule has 94 valence electrons. The lowest BCUT2D eigenvalue weighted by Crippen LogP contribution is -2.08. The Hall–Kier alpha value is -0.750. The van der Waals surface area contributed by atoms with E-state index in [0.29, 0.717) is 10.8 Å². The van der Waals surface area contributed by atoms with Crippen molar-refractivity contribution in [1.82, 2.24) is 9.78 Å². The maximum Gasteiger partial charge on any atom is 0.149 e. The van der Waals surface area contributed by atoms with Crippen molar-refractivity contribution in [3.05, 3.63) is 38.0 Å². The average Bonchev–Trinajstić information content (AvgIpc) is 2.71. The van der Waals surface area contributed by atoms with Crippen LogP contribution in [-0.4, -0.2) is 9.78 Å². The Balaban J connectivity index is 2.20. The molecule has 1 aromatic heterocycles. The van der Waals surface area contributed by atoms with Gasteiger partial charge in [-0.2, -0.15) is 5.10 Å². The summed E-state index contributed by atoms with van der Waals surface area (Å²) in [4.78, 5) is 0. The minimum atomic E-state index is 0.652. The minimum Gasteiger partial charge on any atom is -0.382 e. The van der Waals surface area contributed by atoms with E-state index in [2.05, 4.69) is 27.7 Å². The van der Waals surface area contributed by atoms with Gasteiger partial charge in [0.15, 0.2) is 0 Å². The highest BCUT2D eigenvalue weighted by molar-refractivity contribution is 14.1. The van der Waals surface area contributed by atoms with Crippen molar-refractivity contribution in [2.75, 3.05) is 5.73 Å².